The molecule has 1 aromatic rings. The molecule has 1 atom stereocenters. The van der Waals surface area contributed by atoms with E-state index in [4.69, 9.17) is 0 Å². The second kappa shape index (κ2) is 4.29. The lowest BCUT2D eigenvalue weighted by atomic mass is 9.77. The van der Waals surface area contributed by atoms with E-state index in [1.165, 1.54) is 11.1 Å². The number of Topliss-reactive ketones (excluding diaryl/α,β-unsaturated/α-hetero) is 1. The van der Waals surface area contributed by atoms with Crippen molar-refractivity contribution in [3.63, 3.8) is 0 Å². The van der Waals surface area contributed by atoms with Crippen LogP contribution in [-0.2, 0) is 5.41 Å². The third-order valence-corrected chi connectivity index (χ3v) is 3.87. The zero-order valence-electron chi connectivity index (χ0n) is 11.3. The second-order valence-corrected chi connectivity index (χ2v) is 6.12. The molecule has 2 rings (SSSR count). The number of benzene rings is 1. The summed E-state index contributed by atoms with van der Waals surface area (Å²) in [6.45, 7) is 8.88. The number of fused-ring (bicyclic) bond motifs is 1. The molecule has 0 amide bonds. The molecule has 1 unspecified atom stereocenters. The van der Waals surface area contributed by atoms with Crippen LogP contribution in [0.3, 0.4) is 0 Å². The van der Waals surface area contributed by atoms with Gasteiger partial charge in [-0.3, -0.25) is 4.79 Å². The maximum atomic E-state index is 11.9. The predicted octanol–water partition coefficient (Wildman–Crippen LogP) is 4.45. The molecule has 0 N–H and O–H groups in total. The summed E-state index contributed by atoms with van der Waals surface area (Å²) in [6.07, 6.45) is 2.88. The van der Waals surface area contributed by atoms with E-state index in [9.17, 15) is 4.79 Å². The van der Waals surface area contributed by atoms with E-state index in [2.05, 4.69) is 39.8 Å². The van der Waals surface area contributed by atoms with E-state index in [-0.39, 0.29) is 5.41 Å². The van der Waals surface area contributed by atoms with E-state index < -0.39 is 0 Å². The first-order valence-corrected chi connectivity index (χ1v) is 6.61. The summed E-state index contributed by atoms with van der Waals surface area (Å²) >= 11 is 0. The first-order valence-electron chi connectivity index (χ1n) is 6.61. The van der Waals surface area contributed by atoms with Crippen molar-refractivity contribution in [1.82, 2.24) is 0 Å². The highest BCUT2D eigenvalue weighted by Gasteiger charge is 2.26. The molecule has 0 saturated heterocycles. The number of hydrogen-bond acceptors (Lipinski definition) is 1. The van der Waals surface area contributed by atoms with Crippen LogP contribution in [0.25, 0.3) is 0 Å². The Labute approximate surface area is 104 Å². The van der Waals surface area contributed by atoms with Gasteiger partial charge < -0.3 is 0 Å². The minimum Gasteiger partial charge on any atom is -0.294 e. The molecule has 0 fully saturated rings. The molecule has 1 aromatic carbocycles. The average Bonchev–Trinajstić information content (AvgIpc) is 2.28. The maximum absolute atomic E-state index is 11.9. The quantitative estimate of drug-likeness (QED) is 0.696. The topological polar surface area (TPSA) is 17.1 Å². The maximum Gasteiger partial charge on any atom is 0.163 e. The molecular formula is C16H22O. The summed E-state index contributed by atoms with van der Waals surface area (Å²) in [7, 11) is 0. The van der Waals surface area contributed by atoms with Gasteiger partial charge in [-0.2, -0.15) is 0 Å². The smallest absolute Gasteiger partial charge is 0.163 e. The lowest BCUT2D eigenvalue weighted by Gasteiger charge is -2.27. The minimum atomic E-state index is 0.161. The van der Waals surface area contributed by atoms with Crippen molar-refractivity contribution < 1.29 is 4.79 Å². The Hall–Kier alpha value is -1.11. The van der Waals surface area contributed by atoms with Crippen LogP contribution < -0.4 is 0 Å². The molecule has 0 heterocycles. The molecule has 92 valence electrons. The molecule has 0 bridgehead atoms. The summed E-state index contributed by atoms with van der Waals surface area (Å²) in [5.41, 5.74) is 3.75. The van der Waals surface area contributed by atoms with Gasteiger partial charge in [-0.05, 0) is 35.3 Å². The number of hydrogen-bond donors (Lipinski definition) is 0. The van der Waals surface area contributed by atoms with Crippen LogP contribution in [0.4, 0.5) is 0 Å². The van der Waals surface area contributed by atoms with Gasteiger partial charge in [-0.15, -0.1) is 0 Å². The zero-order chi connectivity index (χ0) is 12.6. The fourth-order valence-electron chi connectivity index (χ4n) is 2.64. The fraction of sp³-hybridized carbons (Fsp3) is 0.562. The Kier molecular flexibility index (Phi) is 3.11. The highest BCUT2D eigenvalue weighted by Crippen LogP contribution is 2.36. The van der Waals surface area contributed by atoms with Gasteiger partial charge in [0.2, 0.25) is 0 Å². The van der Waals surface area contributed by atoms with Gasteiger partial charge >= 0.3 is 0 Å². The highest BCUT2D eigenvalue weighted by molar-refractivity contribution is 5.98. The summed E-state index contributed by atoms with van der Waals surface area (Å²) < 4.78 is 0. The second-order valence-electron chi connectivity index (χ2n) is 6.12. The van der Waals surface area contributed by atoms with E-state index >= 15 is 0 Å². The summed E-state index contributed by atoms with van der Waals surface area (Å²) in [4.78, 5) is 11.9. The van der Waals surface area contributed by atoms with Gasteiger partial charge in [0, 0.05) is 12.0 Å². The third kappa shape index (κ3) is 2.29. The zero-order valence-corrected chi connectivity index (χ0v) is 11.3. The molecule has 0 aliphatic heterocycles. The molecule has 0 radical (unpaired) electrons. The van der Waals surface area contributed by atoms with Crippen molar-refractivity contribution in [3.8, 4) is 0 Å². The molecule has 0 aromatic heterocycles. The Bertz CT molecular complexity index is 437. The molecule has 1 aliphatic rings. The van der Waals surface area contributed by atoms with Crippen LogP contribution in [0, 0.1) is 0 Å². The average molecular weight is 230 g/mol. The van der Waals surface area contributed by atoms with Gasteiger partial charge in [0.1, 0.15) is 0 Å². The number of carbonyl (C=O) groups is 1. The fourth-order valence-corrected chi connectivity index (χ4v) is 2.64. The van der Waals surface area contributed by atoms with E-state index in [1.807, 2.05) is 6.07 Å². The molecule has 1 nitrogen and oxygen atoms in total. The SMILES string of the molecule is CCC1CCC(=O)c2ccc(C(C)(C)C)cc21. The Morgan fingerprint density at radius 2 is 2.00 bits per heavy atom. The summed E-state index contributed by atoms with van der Waals surface area (Å²) in [5.74, 6) is 0.898. The first kappa shape index (κ1) is 12.3. The van der Waals surface area contributed by atoms with Gasteiger partial charge in [-0.25, -0.2) is 0 Å². The number of carbonyl (C=O) groups excluding carboxylic acids is 1. The van der Waals surface area contributed by atoms with Crippen molar-refractivity contribution in [1.29, 1.82) is 0 Å². The van der Waals surface area contributed by atoms with Crippen molar-refractivity contribution >= 4 is 5.78 Å². The molecular weight excluding hydrogens is 208 g/mol. The van der Waals surface area contributed by atoms with Gasteiger partial charge in [0.25, 0.3) is 0 Å². The van der Waals surface area contributed by atoms with Crippen molar-refractivity contribution in [3.05, 3.63) is 34.9 Å². The molecule has 1 aliphatic carbocycles. The van der Waals surface area contributed by atoms with Crippen LogP contribution in [0.2, 0.25) is 0 Å². The summed E-state index contributed by atoms with van der Waals surface area (Å²) in [5, 5.41) is 0. The van der Waals surface area contributed by atoms with Crippen molar-refractivity contribution in [2.45, 2.75) is 58.3 Å². The molecule has 1 heteroatoms. The third-order valence-electron chi connectivity index (χ3n) is 3.87. The Morgan fingerprint density at radius 3 is 2.59 bits per heavy atom. The van der Waals surface area contributed by atoms with Crippen molar-refractivity contribution in [2.24, 2.45) is 0 Å². The van der Waals surface area contributed by atoms with E-state index in [1.54, 1.807) is 0 Å². The lowest BCUT2D eigenvalue weighted by Crippen LogP contribution is -2.18. The normalized spacial score (nSPS) is 20.2. The van der Waals surface area contributed by atoms with Crippen LogP contribution in [0.15, 0.2) is 18.2 Å². The van der Waals surface area contributed by atoms with E-state index in [0.717, 1.165) is 24.8 Å². The minimum absolute atomic E-state index is 0.161. The van der Waals surface area contributed by atoms with Crippen LogP contribution >= 0.6 is 0 Å². The molecule has 17 heavy (non-hydrogen) atoms. The molecule has 0 saturated carbocycles. The van der Waals surface area contributed by atoms with E-state index in [0.29, 0.717) is 11.7 Å². The van der Waals surface area contributed by atoms with Gasteiger partial charge in [0.15, 0.2) is 5.78 Å². The molecule has 0 spiro atoms. The van der Waals surface area contributed by atoms with Crippen LogP contribution in [0.5, 0.6) is 0 Å². The standard InChI is InChI=1S/C16H22O/c1-5-11-6-9-15(17)13-8-7-12(10-14(11)13)16(2,3)4/h7-8,10-11H,5-6,9H2,1-4H3. The van der Waals surface area contributed by atoms with Crippen molar-refractivity contribution in [2.75, 3.05) is 0 Å². The van der Waals surface area contributed by atoms with Crippen LogP contribution in [-0.4, -0.2) is 5.78 Å². The lowest BCUT2D eigenvalue weighted by molar-refractivity contribution is 0.0966. The number of rotatable bonds is 1. The van der Waals surface area contributed by atoms with Gasteiger partial charge in [0.05, 0.1) is 0 Å². The monoisotopic (exact) mass is 230 g/mol. The van der Waals surface area contributed by atoms with Gasteiger partial charge in [-0.1, -0.05) is 45.9 Å². The summed E-state index contributed by atoms with van der Waals surface area (Å²) in [6, 6.07) is 6.43. The highest BCUT2D eigenvalue weighted by atomic mass is 16.1. The predicted molar refractivity (Wildman–Crippen MR) is 71.7 cm³/mol. The van der Waals surface area contributed by atoms with Crippen LogP contribution in [0.1, 0.15) is 74.4 Å². The number of ketones is 1. The largest absolute Gasteiger partial charge is 0.294 e. The first-order chi connectivity index (χ1) is 7.93. The Morgan fingerprint density at radius 1 is 1.29 bits per heavy atom. The Balaban J connectivity index is 2.51.